The van der Waals surface area contributed by atoms with Crippen LogP contribution in [0.2, 0.25) is 0 Å². The van der Waals surface area contributed by atoms with Gasteiger partial charge in [0.2, 0.25) is 0 Å². The second-order valence-corrected chi connectivity index (χ2v) is 4.10. The lowest BCUT2D eigenvalue weighted by Crippen LogP contribution is -2.15. The fraction of sp³-hybridized carbons (Fsp3) is 0.667. The maximum atomic E-state index is 11.2. The van der Waals surface area contributed by atoms with E-state index in [0.29, 0.717) is 25.7 Å². The van der Waals surface area contributed by atoms with Crippen LogP contribution in [0.3, 0.4) is 0 Å². The SMILES string of the molecule is O=C1CCCCC(C=C(CCCO)C(=O)O)O1. The van der Waals surface area contributed by atoms with Crippen molar-refractivity contribution in [2.24, 2.45) is 0 Å². The van der Waals surface area contributed by atoms with Crippen LogP contribution < -0.4 is 0 Å². The van der Waals surface area contributed by atoms with E-state index in [4.69, 9.17) is 14.9 Å². The Bertz CT molecular complexity index is 308. The molecule has 1 rings (SSSR count). The lowest BCUT2D eigenvalue weighted by molar-refractivity contribution is -0.146. The maximum Gasteiger partial charge on any atom is 0.331 e. The fourth-order valence-electron chi connectivity index (χ4n) is 1.77. The van der Waals surface area contributed by atoms with Crippen molar-refractivity contribution in [2.45, 2.75) is 44.6 Å². The van der Waals surface area contributed by atoms with Crippen molar-refractivity contribution >= 4 is 11.9 Å². The molecule has 1 aliphatic heterocycles. The van der Waals surface area contributed by atoms with Gasteiger partial charge in [-0.2, -0.15) is 0 Å². The summed E-state index contributed by atoms with van der Waals surface area (Å²) in [6.45, 7) is -0.0466. The van der Waals surface area contributed by atoms with Crippen molar-refractivity contribution in [2.75, 3.05) is 6.61 Å². The number of cyclic esters (lactones) is 1. The molecule has 0 radical (unpaired) electrons. The van der Waals surface area contributed by atoms with Crippen molar-refractivity contribution in [3.8, 4) is 0 Å². The van der Waals surface area contributed by atoms with Crippen LogP contribution >= 0.6 is 0 Å². The van der Waals surface area contributed by atoms with Crippen molar-refractivity contribution in [1.29, 1.82) is 0 Å². The molecule has 17 heavy (non-hydrogen) atoms. The molecule has 0 bridgehead atoms. The Balaban J connectivity index is 2.66. The maximum absolute atomic E-state index is 11.2. The van der Waals surface area contributed by atoms with E-state index in [1.807, 2.05) is 0 Å². The molecule has 96 valence electrons. The summed E-state index contributed by atoms with van der Waals surface area (Å²) in [7, 11) is 0. The molecule has 1 unspecified atom stereocenters. The van der Waals surface area contributed by atoms with Crippen LogP contribution in [0.15, 0.2) is 11.6 Å². The fourth-order valence-corrected chi connectivity index (χ4v) is 1.77. The van der Waals surface area contributed by atoms with Crippen LogP contribution in [-0.2, 0) is 14.3 Å². The molecule has 1 saturated heterocycles. The van der Waals surface area contributed by atoms with E-state index in [1.54, 1.807) is 0 Å². The van der Waals surface area contributed by atoms with Crippen LogP contribution in [0.1, 0.15) is 38.5 Å². The number of aliphatic carboxylic acids is 1. The first-order valence-electron chi connectivity index (χ1n) is 5.88. The van der Waals surface area contributed by atoms with Gasteiger partial charge in [-0.25, -0.2) is 4.79 Å². The molecule has 1 aliphatic rings. The number of rotatable bonds is 5. The van der Waals surface area contributed by atoms with E-state index in [0.717, 1.165) is 12.8 Å². The Morgan fingerprint density at radius 3 is 2.88 bits per heavy atom. The lowest BCUT2D eigenvalue weighted by Gasteiger charge is -2.12. The number of aliphatic hydroxyl groups is 1. The van der Waals surface area contributed by atoms with E-state index >= 15 is 0 Å². The monoisotopic (exact) mass is 242 g/mol. The van der Waals surface area contributed by atoms with Gasteiger partial charge >= 0.3 is 11.9 Å². The van der Waals surface area contributed by atoms with Gasteiger partial charge in [0.1, 0.15) is 6.10 Å². The number of carboxylic acid groups (broad SMARTS) is 1. The van der Waals surface area contributed by atoms with Gasteiger partial charge in [0.05, 0.1) is 0 Å². The molecule has 5 nitrogen and oxygen atoms in total. The summed E-state index contributed by atoms with van der Waals surface area (Å²) in [4.78, 5) is 22.2. The van der Waals surface area contributed by atoms with Crippen molar-refractivity contribution < 1.29 is 24.5 Å². The summed E-state index contributed by atoms with van der Waals surface area (Å²) in [6.07, 6.45) is 4.49. The largest absolute Gasteiger partial charge is 0.478 e. The topological polar surface area (TPSA) is 83.8 Å². The van der Waals surface area contributed by atoms with Crippen LogP contribution in [0, 0.1) is 0 Å². The molecule has 5 heteroatoms. The molecular formula is C12H18O5. The summed E-state index contributed by atoms with van der Waals surface area (Å²) in [6, 6.07) is 0. The minimum absolute atomic E-state index is 0.0466. The normalized spacial score (nSPS) is 21.8. The number of hydrogen-bond donors (Lipinski definition) is 2. The van der Waals surface area contributed by atoms with Crippen LogP contribution in [0.25, 0.3) is 0 Å². The van der Waals surface area contributed by atoms with E-state index in [1.165, 1.54) is 6.08 Å². The summed E-state index contributed by atoms with van der Waals surface area (Å²) >= 11 is 0. The number of carboxylic acids is 1. The highest BCUT2D eigenvalue weighted by Crippen LogP contribution is 2.18. The van der Waals surface area contributed by atoms with Gasteiger partial charge in [0.15, 0.2) is 0 Å². The third kappa shape index (κ3) is 4.99. The molecule has 1 atom stereocenters. The first kappa shape index (κ1) is 13.7. The first-order valence-corrected chi connectivity index (χ1v) is 5.88. The van der Waals surface area contributed by atoms with E-state index in [-0.39, 0.29) is 18.1 Å². The second-order valence-electron chi connectivity index (χ2n) is 4.10. The Morgan fingerprint density at radius 2 is 2.24 bits per heavy atom. The molecule has 1 fully saturated rings. The molecule has 0 amide bonds. The van der Waals surface area contributed by atoms with Gasteiger partial charge in [0.25, 0.3) is 0 Å². The Kier molecular flexibility index (Phi) is 5.69. The van der Waals surface area contributed by atoms with Gasteiger partial charge in [-0.15, -0.1) is 0 Å². The molecule has 0 aromatic heterocycles. The van der Waals surface area contributed by atoms with Gasteiger partial charge in [-0.1, -0.05) is 0 Å². The zero-order valence-corrected chi connectivity index (χ0v) is 9.72. The molecule has 1 heterocycles. The summed E-state index contributed by atoms with van der Waals surface area (Å²) < 4.78 is 5.13. The standard InChI is InChI=1S/C12H18O5/c13-7-3-4-9(12(15)16)8-10-5-1-2-6-11(14)17-10/h8,10,13H,1-7H2,(H,15,16). The predicted molar refractivity (Wildman–Crippen MR) is 60.4 cm³/mol. The van der Waals surface area contributed by atoms with E-state index in [2.05, 4.69) is 0 Å². The Hall–Kier alpha value is -1.36. The molecule has 0 spiro atoms. The molecule has 0 aromatic rings. The number of hydrogen-bond acceptors (Lipinski definition) is 4. The minimum atomic E-state index is -1.02. The van der Waals surface area contributed by atoms with Crippen molar-refractivity contribution in [1.82, 2.24) is 0 Å². The van der Waals surface area contributed by atoms with Gasteiger partial charge in [-0.05, 0) is 38.2 Å². The molecule has 0 saturated carbocycles. The number of ether oxygens (including phenoxy) is 1. The number of aliphatic hydroxyl groups excluding tert-OH is 1. The highest BCUT2D eigenvalue weighted by atomic mass is 16.5. The predicted octanol–water partition coefficient (Wildman–Crippen LogP) is 1.26. The third-order valence-corrected chi connectivity index (χ3v) is 2.67. The Morgan fingerprint density at radius 1 is 1.47 bits per heavy atom. The lowest BCUT2D eigenvalue weighted by atomic mass is 10.1. The van der Waals surface area contributed by atoms with E-state index in [9.17, 15) is 9.59 Å². The van der Waals surface area contributed by atoms with Crippen LogP contribution in [-0.4, -0.2) is 34.9 Å². The smallest absolute Gasteiger partial charge is 0.331 e. The van der Waals surface area contributed by atoms with Crippen molar-refractivity contribution in [3.05, 3.63) is 11.6 Å². The average Bonchev–Trinajstić information content (AvgIpc) is 2.48. The highest BCUT2D eigenvalue weighted by molar-refractivity contribution is 5.86. The molecule has 0 aliphatic carbocycles. The summed E-state index contributed by atoms with van der Waals surface area (Å²) in [5, 5.41) is 17.7. The zero-order valence-electron chi connectivity index (χ0n) is 9.72. The Labute approximate surface area is 100 Å². The molecule has 2 N–H and O–H groups in total. The van der Waals surface area contributed by atoms with Crippen molar-refractivity contribution in [3.63, 3.8) is 0 Å². The van der Waals surface area contributed by atoms with Crippen LogP contribution in [0.4, 0.5) is 0 Å². The highest BCUT2D eigenvalue weighted by Gasteiger charge is 2.18. The van der Waals surface area contributed by atoms with Gasteiger partial charge in [-0.3, -0.25) is 4.79 Å². The molecule has 0 aromatic carbocycles. The second kappa shape index (κ2) is 7.06. The van der Waals surface area contributed by atoms with E-state index < -0.39 is 12.1 Å². The molecular weight excluding hydrogens is 224 g/mol. The van der Waals surface area contributed by atoms with Gasteiger partial charge < -0.3 is 14.9 Å². The summed E-state index contributed by atoms with van der Waals surface area (Å²) in [5.41, 5.74) is 0.207. The van der Waals surface area contributed by atoms with Gasteiger partial charge in [0, 0.05) is 18.6 Å². The zero-order chi connectivity index (χ0) is 12.7. The quantitative estimate of drug-likeness (QED) is 0.560. The minimum Gasteiger partial charge on any atom is -0.478 e. The number of carbonyl (C=O) groups is 2. The number of carbonyl (C=O) groups excluding carboxylic acids is 1. The third-order valence-electron chi connectivity index (χ3n) is 2.67. The van der Waals surface area contributed by atoms with Crippen LogP contribution in [0.5, 0.6) is 0 Å². The average molecular weight is 242 g/mol. The number of esters is 1. The summed E-state index contributed by atoms with van der Waals surface area (Å²) in [5.74, 6) is -1.28. The first-order chi connectivity index (χ1) is 8.13.